The second-order valence-corrected chi connectivity index (χ2v) is 6.50. The van der Waals surface area contributed by atoms with E-state index in [9.17, 15) is 0 Å². The molecule has 0 aliphatic carbocycles. The van der Waals surface area contributed by atoms with Crippen LogP contribution in [0.2, 0.25) is 10.0 Å². The van der Waals surface area contributed by atoms with Crippen molar-refractivity contribution in [1.82, 2.24) is 15.1 Å². The molecule has 0 spiro atoms. The molecule has 3 rings (SSSR count). The second kappa shape index (κ2) is 6.24. The van der Waals surface area contributed by atoms with Gasteiger partial charge in [0.1, 0.15) is 4.88 Å². The molecule has 0 aliphatic rings. The molecule has 0 atom stereocenters. The standard InChI is InChI=1S/C14H12Cl2N4OS/c1-2-3-10-11(22-14(17)18-10)13-19-12(20-21-13)8-5-4-7(15)6-9(8)16/h4-6H,2-3H2,1H3,(H2,17,18). The second-order valence-electron chi connectivity index (χ2n) is 4.63. The van der Waals surface area contributed by atoms with Crippen LogP contribution < -0.4 is 5.73 Å². The van der Waals surface area contributed by atoms with E-state index < -0.39 is 0 Å². The first-order valence-corrected chi connectivity index (χ1v) is 8.20. The van der Waals surface area contributed by atoms with Gasteiger partial charge in [0.15, 0.2) is 5.13 Å². The monoisotopic (exact) mass is 354 g/mol. The predicted molar refractivity (Wildman–Crippen MR) is 89.3 cm³/mol. The summed E-state index contributed by atoms with van der Waals surface area (Å²) in [5, 5.41) is 5.50. The minimum Gasteiger partial charge on any atom is -0.375 e. The van der Waals surface area contributed by atoms with Gasteiger partial charge in [-0.3, -0.25) is 0 Å². The Morgan fingerprint density at radius 3 is 2.82 bits per heavy atom. The van der Waals surface area contributed by atoms with E-state index in [1.807, 2.05) is 0 Å². The minimum atomic E-state index is 0.402. The van der Waals surface area contributed by atoms with Crippen molar-refractivity contribution in [1.29, 1.82) is 0 Å². The zero-order valence-corrected chi connectivity index (χ0v) is 14.0. The van der Waals surface area contributed by atoms with Crippen LogP contribution in [0.25, 0.3) is 22.2 Å². The van der Waals surface area contributed by atoms with Gasteiger partial charge in [-0.25, -0.2) is 4.98 Å². The zero-order valence-electron chi connectivity index (χ0n) is 11.6. The minimum absolute atomic E-state index is 0.402. The Bertz CT molecular complexity index is 815. The smallest absolute Gasteiger partial charge is 0.270 e. The highest BCUT2D eigenvalue weighted by Gasteiger charge is 2.19. The maximum absolute atomic E-state index is 6.17. The molecule has 3 aromatic rings. The summed E-state index contributed by atoms with van der Waals surface area (Å²) in [5.41, 5.74) is 7.33. The highest BCUT2D eigenvalue weighted by Crippen LogP contribution is 2.34. The lowest BCUT2D eigenvalue weighted by molar-refractivity contribution is 0.432. The molecule has 0 saturated carbocycles. The van der Waals surface area contributed by atoms with Gasteiger partial charge in [-0.1, -0.05) is 53.0 Å². The Morgan fingerprint density at radius 1 is 1.27 bits per heavy atom. The lowest BCUT2D eigenvalue weighted by Gasteiger charge is -1.98. The van der Waals surface area contributed by atoms with E-state index in [0.717, 1.165) is 23.4 Å². The third kappa shape index (κ3) is 2.95. The van der Waals surface area contributed by atoms with Crippen LogP contribution in [0.5, 0.6) is 0 Å². The van der Waals surface area contributed by atoms with E-state index in [2.05, 4.69) is 22.0 Å². The molecule has 0 amide bonds. The number of nitrogens with zero attached hydrogens (tertiary/aromatic N) is 3. The molecule has 22 heavy (non-hydrogen) atoms. The Kier molecular flexibility index (Phi) is 4.33. The van der Waals surface area contributed by atoms with Gasteiger partial charge in [0.2, 0.25) is 5.82 Å². The lowest BCUT2D eigenvalue weighted by atomic mass is 10.2. The summed E-state index contributed by atoms with van der Waals surface area (Å²) in [6, 6.07) is 5.13. The fourth-order valence-corrected chi connectivity index (χ4v) is 3.33. The fraction of sp³-hybridized carbons (Fsp3) is 0.214. The number of hydrogen-bond donors (Lipinski definition) is 1. The normalized spacial score (nSPS) is 11.0. The summed E-state index contributed by atoms with van der Waals surface area (Å²) >= 11 is 13.4. The molecule has 0 saturated heterocycles. The van der Waals surface area contributed by atoms with Crippen LogP contribution in [0.15, 0.2) is 22.7 Å². The SMILES string of the molecule is CCCc1nc(N)sc1-c1nc(-c2ccc(Cl)cc2Cl)no1. The molecule has 5 nitrogen and oxygen atoms in total. The number of nitrogens with two attached hydrogens (primary N) is 1. The van der Waals surface area contributed by atoms with Crippen LogP contribution in [-0.4, -0.2) is 15.1 Å². The third-order valence-corrected chi connectivity index (χ3v) is 4.46. The van der Waals surface area contributed by atoms with Crippen molar-refractivity contribution in [2.45, 2.75) is 19.8 Å². The van der Waals surface area contributed by atoms with Crippen molar-refractivity contribution in [3.63, 3.8) is 0 Å². The average Bonchev–Trinajstić information content (AvgIpc) is 3.06. The summed E-state index contributed by atoms with van der Waals surface area (Å²) < 4.78 is 5.35. The zero-order chi connectivity index (χ0) is 15.7. The first-order valence-electron chi connectivity index (χ1n) is 6.63. The van der Waals surface area contributed by atoms with E-state index in [1.54, 1.807) is 18.2 Å². The molecule has 0 unspecified atom stereocenters. The van der Waals surface area contributed by atoms with E-state index in [-0.39, 0.29) is 0 Å². The van der Waals surface area contributed by atoms with Crippen molar-refractivity contribution in [3.05, 3.63) is 33.9 Å². The Labute approximate surface area is 141 Å². The number of rotatable bonds is 4. The largest absolute Gasteiger partial charge is 0.375 e. The molecule has 0 aliphatic heterocycles. The van der Waals surface area contributed by atoms with Gasteiger partial charge in [-0.05, 0) is 24.6 Å². The number of anilines is 1. The van der Waals surface area contributed by atoms with E-state index in [1.165, 1.54) is 11.3 Å². The van der Waals surface area contributed by atoms with Gasteiger partial charge in [-0.2, -0.15) is 4.98 Å². The molecule has 2 heterocycles. The summed E-state index contributed by atoms with van der Waals surface area (Å²) in [6.07, 6.45) is 1.77. The first kappa shape index (κ1) is 15.3. The predicted octanol–water partition coefficient (Wildman–Crippen LogP) is 4.70. The highest BCUT2D eigenvalue weighted by atomic mass is 35.5. The van der Waals surface area contributed by atoms with E-state index in [0.29, 0.717) is 32.5 Å². The maximum atomic E-state index is 6.17. The quantitative estimate of drug-likeness (QED) is 0.734. The summed E-state index contributed by atoms with van der Waals surface area (Å²) in [4.78, 5) is 9.53. The van der Waals surface area contributed by atoms with Gasteiger partial charge in [0, 0.05) is 10.6 Å². The van der Waals surface area contributed by atoms with Crippen LogP contribution in [0.3, 0.4) is 0 Å². The van der Waals surface area contributed by atoms with Crippen molar-refractivity contribution < 1.29 is 4.52 Å². The molecule has 0 bridgehead atoms. The van der Waals surface area contributed by atoms with Crippen LogP contribution in [0, 0.1) is 0 Å². The Hall–Kier alpha value is -1.63. The van der Waals surface area contributed by atoms with Crippen molar-refractivity contribution in [2.24, 2.45) is 0 Å². The molecule has 8 heteroatoms. The number of thiazole rings is 1. The van der Waals surface area contributed by atoms with Crippen molar-refractivity contribution in [3.8, 4) is 22.2 Å². The first-order chi connectivity index (χ1) is 10.6. The number of halogens is 2. The molecular formula is C14H12Cl2N4OS. The van der Waals surface area contributed by atoms with E-state index in [4.69, 9.17) is 33.5 Å². The summed E-state index contributed by atoms with van der Waals surface area (Å²) in [7, 11) is 0. The highest BCUT2D eigenvalue weighted by molar-refractivity contribution is 7.18. The molecule has 1 aromatic carbocycles. The van der Waals surface area contributed by atoms with Gasteiger partial charge in [0.05, 0.1) is 10.7 Å². The summed E-state index contributed by atoms with van der Waals surface area (Å²) in [5.74, 6) is 0.810. The van der Waals surface area contributed by atoms with Crippen LogP contribution in [0.4, 0.5) is 5.13 Å². The van der Waals surface area contributed by atoms with Crippen LogP contribution in [-0.2, 0) is 6.42 Å². The maximum Gasteiger partial charge on any atom is 0.270 e. The molecule has 114 valence electrons. The van der Waals surface area contributed by atoms with Crippen LogP contribution >= 0.6 is 34.5 Å². The van der Waals surface area contributed by atoms with Gasteiger partial charge >= 0.3 is 0 Å². The van der Waals surface area contributed by atoms with Crippen molar-refractivity contribution >= 4 is 39.7 Å². The Balaban J connectivity index is 2.00. The number of benzene rings is 1. The molecule has 2 aromatic heterocycles. The number of aryl methyl sites for hydroxylation is 1. The van der Waals surface area contributed by atoms with Gasteiger partial charge in [0.25, 0.3) is 5.89 Å². The fourth-order valence-electron chi connectivity index (χ4n) is 2.04. The summed E-state index contributed by atoms with van der Waals surface area (Å²) in [6.45, 7) is 2.08. The van der Waals surface area contributed by atoms with Gasteiger partial charge < -0.3 is 10.3 Å². The number of aromatic nitrogens is 3. The van der Waals surface area contributed by atoms with Gasteiger partial charge in [-0.15, -0.1) is 0 Å². The number of nitrogen functional groups attached to an aromatic ring is 1. The molecular weight excluding hydrogens is 343 g/mol. The Morgan fingerprint density at radius 2 is 2.09 bits per heavy atom. The molecule has 2 N–H and O–H groups in total. The average molecular weight is 355 g/mol. The molecule has 0 fully saturated rings. The third-order valence-electron chi connectivity index (χ3n) is 2.99. The molecule has 0 radical (unpaired) electrons. The topological polar surface area (TPSA) is 77.8 Å². The van der Waals surface area contributed by atoms with Crippen molar-refractivity contribution in [2.75, 3.05) is 5.73 Å². The number of hydrogen-bond acceptors (Lipinski definition) is 6. The van der Waals surface area contributed by atoms with E-state index >= 15 is 0 Å². The lowest BCUT2D eigenvalue weighted by Crippen LogP contribution is -1.88. The van der Waals surface area contributed by atoms with Crippen LogP contribution in [0.1, 0.15) is 19.0 Å².